The van der Waals surface area contributed by atoms with E-state index in [1.165, 1.54) is 12.8 Å². The number of nitrogens with one attached hydrogen (secondary N) is 1. The van der Waals surface area contributed by atoms with Gasteiger partial charge in [0.05, 0.1) is 18.2 Å². The Morgan fingerprint density at radius 2 is 1.68 bits per heavy atom. The number of ether oxygens (including phenoxy) is 1. The molecule has 6 rings (SSSR count). The second kappa shape index (κ2) is 13.4. The zero-order valence-corrected chi connectivity index (χ0v) is 26.8. The first-order chi connectivity index (χ1) is 21.3. The Bertz CT molecular complexity index is 1650. The van der Waals surface area contributed by atoms with Gasteiger partial charge in [-0.1, -0.05) is 59.6 Å². The van der Waals surface area contributed by atoms with Crippen LogP contribution in [0.4, 0.5) is 0 Å². The number of benzene rings is 3. The predicted octanol–water partition coefficient (Wildman–Crippen LogP) is 8.10. The van der Waals surface area contributed by atoms with Crippen molar-refractivity contribution in [1.29, 1.82) is 0 Å². The first-order valence-electron chi connectivity index (χ1n) is 15.5. The lowest BCUT2D eigenvalue weighted by Gasteiger charge is -2.39. The molecule has 0 aliphatic carbocycles. The number of ketones is 1. The highest BCUT2D eigenvalue weighted by Gasteiger charge is 2.40. The lowest BCUT2D eigenvalue weighted by atomic mass is 9.85. The number of methoxy groups -OCH3 is 1. The molecule has 0 radical (unpaired) electrons. The first-order valence-corrected chi connectivity index (χ1v) is 16.3. The van der Waals surface area contributed by atoms with E-state index in [0.29, 0.717) is 52.1 Å². The van der Waals surface area contributed by atoms with Crippen LogP contribution in [0.15, 0.2) is 66.9 Å². The van der Waals surface area contributed by atoms with E-state index in [2.05, 4.69) is 27.8 Å². The van der Waals surface area contributed by atoms with Crippen molar-refractivity contribution < 1.29 is 14.3 Å². The molecule has 0 saturated carbocycles. The number of piperidine rings is 1. The number of nitrogens with zero attached hydrogens (tertiary/aromatic N) is 2. The molecule has 2 fully saturated rings. The topological polar surface area (TPSA) is 63.6 Å². The molecule has 3 aromatic carbocycles. The standard InChI is InChI=1S/C36H39Cl2N3O3/c1-23-7-3-4-8-25(23)21-39-36(43)32-22-40(35-31(32)9-5-10-34(35)44-2)13-6-14-41-29-11-12-30(41)16-24(15-29)17-33(42)26-18-27(37)20-28(38)19-26/h3-5,7-10,18-20,22,24,29-30H,6,11-17,21H2,1-2H3,(H,39,43)/t24-,29+,30-. The molecule has 1 aromatic heterocycles. The van der Waals surface area contributed by atoms with Gasteiger partial charge < -0.3 is 14.6 Å². The lowest BCUT2D eigenvalue weighted by Crippen LogP contribution is -2.43. The molecule has 2 saturated heterocycles. The van der Waals surface area contributed by atoms with Gasteiger partial charge >= 0.3 is 0 Å². The molecule has 230 valence electrons. The molecule has 8 heteroatoms. The minimum absolute atomic E-state index is 0.0834. The fraction of sp³-hybridized carbons (Fsp3) is 0.389. The first kappa shape index (κ1) is 30.7. The van der Waals surface area contributed by atoms with Crippen LogP contribution in [0.25, 0.3) is 10.9 Å². The zero-order valence-electron chi connectivity index (χ0n) is 25.3. The van der Waals surface area contributed by atoms with Gasteiger partial charge in [0.2, 0.25) is 0 Å². The van der Waals surface area contributed by atoms with Crippen molar-refractivity contribution in [3.05, 3.63) is 99.2 Å². The molecule has 0 spiro atoms. The zero-order chi connectivity index (χ0) is 30.8. The van der Waals surface area contributed by atoms with E-state index in [-0.39, 0.29) is 11.7 Å². The third-order valence-corrected chi connectivity index (χ3v) is 9.92. The van der Waals surface area contributed by atoms with Crippen LogP contribution >= 0.6 is 23.2 Å². The van der Waals surface area contributed by atoms with Crippen LogP contribution in [0.3, 0.4) is 0 Å². The van der Waals surface area contributed by atoms with Gasteiger partial charge in [0.15, 0.2) is 5.78 Å². The number of carbonyl (C=O) groups excluding carboxylic acids is 2. The average molecular weight is 633 g/mol. The maximum absolute atomic E-state index is 13.4. The highest BCUT2D eigenvalue weighted by atomic mass is 35.5. The molecule has 0 unspecified atom stereocenters. The Labute approximate surface area is 269 Å². The number of rotatable bonds is 11. The van der Waals surface area contributed by atoms with Crippen molar-refractivity contribution in [3.8, 4) is 5.75 Å². The lowest BCUT2D eigenvalue weighted by molar-refractivity contribution is 0.0807. The Morgan fingerprint density at radius 1 is 0.955 bits per heavy atom. The van der Waals surface area contributed by atoms with Gasteiger partial charge in [0.25, 0.3) is 5.91 Å². The highest BCUT2D eigenvalue weighted by Crippen LogP contribution is 2.40. The Hall–Kier alpha value is -3.32. The Kier molecular flexibility index (Phi) is 9.31. The summed E-state index contributed by atoms with van der Waals surface area (Å²) in [7, 11) is 1.68. The number of halogens is 2. The normalized spacial score (nSPS) is 19.8. The van der Waals surface area contributed by atoms with Gasteiger partial charge in [-0.25, -0.2) is 0 Å². The summed E-state index contributed by atoms with van der Waals surface area (Å²) in [5, 5.41) is 5.02. The molecule has 6 nitrogen and oxygen atoms in total. The van der Waals surface area contributed by atoms with E-state index < -0.39 is 0 Å². The van der Waals surface area contributed by atoms with Crippen LogP contribution in [0.2, 0.25) is 10.0 Å². The average Bonchev–Trinajstić information content (AvgIpc) is 3.49. The van der Waals surface area contributed by atoms with Gasteiger partial charge in [0.1, 0.15) is 5.75 Å². The van der Waals surface area contributed by atoms with Gasteiger partial charge in [-0.3, -0.25) is 14.5 Å². The van der Waals surface area contributed by atoms with Gasteiger partial charge in [-0.2, -0.15) is 0 Å². The van der Waals surface area contributed by atoms with E-state index in [1.54, 1.807) is 25.3 Å². The molecule has 2 bridgehead atoms. The summed E-state index contributed by atoms with van der Waals surface area (Å²) >= 11 is 12.3. The minimum Gasteiger partial charge on any atom is -0.495 e. The smallest absolute Gasteiger partial charge is 0.253 e. The second-order valence-electron chi connectivity index (χ2n) is 12.3. The molecule has 2 aliphatic rings. The quantitative estimate of drug-likeness (QED) is 0.170. The SMILES string of the molecule is COc1cccc2c(C(=O)NCc3ccccc3C)cn(CCCN3[C@@H]4CC[C@H]3C[C@@H](CC(=O)c3cc(Cl)cc(Cl)c3)C4)c12. The molecular formula is C36H39Cl2N3O3. The number of aromatic nitrogens is 1. The number of carbonyl (C=O) groups is 2. The summed E-state index contributed by atoms with van der Waals surface area (Å²) in [6.45, 7) is 4.32. The third-order valence-electron chi connectivity index (χ3n) is 9.48. The van der Waals surface area contributed by atoms with Crippen LogP contribution in [0, 0.1) is 12.8 Å². The predicted molar refractivity (Wildman–Crippen MR) is 177 cm³/mol. The number of Topliss-reactive ketones (excluding diaryl/α,β-unsaturated/α-hetero) is 1. The highest BCUT2D eigenvalue weighted by molar-refractivity contribution is 6.35. The largest absolute Gasteiger partial charge is 0.495 e. The van der Waals surface area contributed by atoms with Crippen LogP contribution in [-0.2, 0) is 13.1 Å². The molecule has 1 N–H and O–H groups in total. The summed E-state index contributed by atoms with van der Waals surface area (Å²) in [4.78, 5) is 29.1. The van der Waals surface area contributed by atoms with E-state index in [0.717, 1.165) is 60.1 Å². The van der Waals surface area contributed by atoms with E-state index in [9.17, 15) is 9.59 Å². The monoisotopic (exact) mass is 631 g/mol. The number of aryl methyl sites for hydroxylation is 2. The van der Waals surface area contributed by atoms with Crippen molar-refractivity contribution in [2.75, 3.05) is 13.7 Å². The second-order valence-corrected chi connectivity index (χ2v) is 13.2. The summed E-state index contributed by atoms with van der Waals surface area (Å²) in [5.74, 6) is 1.19. The van der Waals surface area contributed by atoms with Crippen molar-refractivity contribution >= 4 is 45.8 Å². The van der Waals surface area contributed by atoms with Crippen LogP contribution < -0.4 is 10.1 Å². The van der Waals surface area contributed by atoms with Crippen molar-refractivity contribution in [2.45, 2.75) is 70.6 Å². The molecule has 3 heterocycles. The van der Waals surface area contributed by atoms with Crippen LogP contribution in [-0.4, -0.2) is 46.9 Å². The molecule has 4 aromatic rings. The van der Waals surface area contributed by atoms with Gasteiger partial charge in [0, 0.05) is 65.3 Å². The molecule has 2 aliphatic heterocycles. The van der Waals surface area contributed by atoms with Gasteiger partial charge in [-0.15, -0.1) is 0 Å². The maximum atomic E-state index is 13.4. The van der Waals surface area contributed by atoms with Crippen molar-refractivity contribution in [3.63, 3.8) is 0 Å². The number of amides is 1. The number of fused-ring (bicyclic) bond motifs is 3. The van der Waals surface area contributed by atoms with Crippen molar-refractivity contribution in [2.24, 2.45) is 5.92 Å². The summed E-state index contributed by atoms with van der Waals surface area (Å²) in [6.07, 6.45) is 7.94. The number of hydrogen-bond donors (Lipinski definition) is 1. The molecule has 44 heavy (non-hydrogen) atoms. The number of para-hydroxylation sites is 1. The molecular weight excluding hydrogens is 593 g/mol. The fourth-order valence-electron chi connectivity index (χ4n) is 7.36. The summed E-state index contributed by atoms with van der Waals surface area (Å²) in [5.41, 5.74) is 4.50. The third kappa shape index (κ3) is 6.53. The van der Waals surface area contributed by atoms with Crippen LogP contribution in [0.5, 0.6) is 5.75 Å². The summed E-state index contributed by atoms with van der Waals surface area (Å²) in [6, 6.07) is 20.1. The van der Waals surface area contributed by atoms with Crippen molar-refractivity contribution in [1.82, 2.24) is 14.8 Å². The summed E-state index contributed by atoms with van der Waals surface area (Å²) < 4.78 is 7.91. The molecule has 3 atom stereocenters. The van der Waals surface area contributed by atoms with E-state index in [4.69, 9.17) is 27.9 Å². The fourth-order valence-corrected chi connectivity index (χ4v) is 7.89. The Balaban J connectivity index is 1.10. The van der Waals surface area contributed by atoms with Crippen LogP contribution in [0.1, 0.15) is 70.4 Å². The maximum Gasteiger partial charge on any atom is 0.253 e. The van der Waals surface area contributed by atoms with E-state index in [1.807, 2.05) is 42.6 Å². The van der Waals surface area contributed by atoms with E-state index >= 15 is 0 Å². The Morgan fingerprint density at radius 3 is 2.39 bits per heavy atom. The minimum atomic E-state index is -0.0834. The van der Waals surface area contributed by atoms with Gasteiger partial charge in [-0.05, 0) is 80.3 Å². The number of hydrogen-bond acceptors (Lipinski definition) is 4. The molecule has 1 amide bonds.